The molecule has 1 heterocycles. The van der Waals surface area contributed by atoms with Crippen molar-refractivity contribution >= 4 is 17.9 Å². The number of hydrogen-bond donors (Lipinski definition) is 2. The quantitative estimate of drug-likeness (QED) is 0.326. The van der Waals surface area contributed by atoms with E-state index in [1.807, 2.05) is 0 Å². The SMILES string of the molecule is O=C(O)c1ccc(-n2cc(/C=N/Nc3ccccc3F)c(-c3ccc(F)c(F)c3)n2)cc1. The number of para-hydroxylation sites is 1. The minimum Gasteiger partial charge on any atom is -0.478 e. The lowest BCUT2D eigenvalue weighted by Crippen LogP contribution is -1.99. The molecule has 0 aliphatic heterocycles. The zero-order valence-corrected chi connectivity index (χ0v) is 16.3. The molecule has 0 atom stereocenters. The number of benzene rings is 3. The molecule has 0 unspecified atom stereocenters. The Morgan fingerprint density at radius 3 is 2.41 bits per heavy atom. The molecule has 4 aromatic rings. The van der Waals surface area contributed by atoms with Crippen molar-refractivity contribution in [3.8, 4) is 16.9 Å². The number of nitrogens with zero attached hydrogens (tertiary/aromatic N) is 3. The third-order valence-corrected chi connectivity index (χ3v) is 4.58. The van der Waals surface area contributed by atoms with Crippen LogP contribution in [-0.2, 0) is 0 Å². The van der Waals surface area contributed by atoms with Crippen molar-refractivity contribution in [2.45, 2.75) is 0 Å². The van der Waals surface area contributed by atoms with Gasteiger partial charge in [-0.2, -0.15) is 10.2 Å². The van der Waals surface area contributed by atoms with Crippen LogP contribution in [0, 0.1) is 17.5 Å². The first-order chi connectivity index (χ1) is 15.4. The second-order valence-corrected chi connectivity index (χ2v) is 6.71. The maximum atomic E-state index is 13.8. The fraction of sp³-hybridized carbons (Fsp3) is 0. The first-order valence-corrected chi connectivity index (χ1v) is 9.35. The van der Waals surface area contributed by atoms with Crippen molar-refractivity contribution < 1.29 is 23.1 Å². The summed E-state index contributed by atoms with van der Waals surface area (Å²) in [5, 5.41) is 17.5. The molecule has 0 amide bonds. The predicted octanol–water partition coefficient (Wildman–Crippen LogP) is 5.10. The molecule has 0 bridgehead atoms. The molecule has 0 saturated carbocycles. The minimum absolute atomic E-state index is 0.109. The van der Waals surface area contributed by atoms with E-state index in [2.05, 4.69) is 15.6 Å². The number of nitrogens with one attached hydrogen (secondary N) is 1. The summed E-state index contributed by atoms with van der Waals surface area (Å²) < 4.78 is 42.4. The second-order valence-electron chi connectivity index (χ2n) is 6.71. The maximum absolute atomic E-state index is 13.8. The highest BCUT2D eigenvalue weighted by Gasteiger charge is 2.14. The van der Waals surface area contributed by atoms with Crippen LogP contribution in [0.1, 0.15) is 15.9 Å². The van der Waals surface area contributed by atoms with Crippen LogP contribution in [0.4, 0.5) is 18.9 Å². The van der Waals surface area contributed by atoms with Crippen molar-refractivity contribution in [3.05, 3.63) is 102 Å². The molecule has 160 valence electrons. The van der Waals surface area contributed by atoms with Gasteiger partial charge in [0, 0.05) is 17.3 Å². The van der Waals surface area contributed by atoms with Gasteiger partial charge in [0.15, 0.2) is 11.6 Å². The van der Waals surface area contributed by atoms with Crippen LogP contribution in [0.25, 0.3) is 16.9 Å². The molecule has 3 aromatic carbocycles. The maximum Gasteiger partial charge on any atom is 0.335 e. The zero-order chi connectivity index (χ0) is 22.7. The van der Waals surface area contributed by atoms with Crippen molar-refractivity contribution in [1.82, 2.24) is 9.78 Å². The molecule has 0 fully saturated rings. The lowest BCUT2D eigenvalue weighted by molar-refractivity contribution is 0.0697. The van der Waals surface area contributed by atoms with Crippen LogP contribution in [0.15, 0.2) is 78.0 Å². The van der Waals surface area contributed by atoms with Crippen LogP contribution >= 0.6 is 0 Å². The van der Waals surface area contributed by atoms with Gasteiger partial charge in [0.25, 0.3) is 0 Å². The molecule has 1 aromatic heterocycles. The lowest BCUT2D eigenvalue weighted by atomic mass is 10.1. The van der Waals surface area contributed by atoms with Crippen molar-refractivity contribution in [3.63, 3.8) is 0 Å². The number of aromatic nitrogens is 2. The molecule has 0 radical (unpaired) electrons. The summed E-state index contributed by atoms with van der Waals surface area (Å²) in [5.41, 5.74) is 4.43. The number of hydrogen-bond acceptors (Lipinski definition) is 4. The largest absolute Gasteiger partial charge is 0.478 e. The first-order valence-electron chi connectivity index (χ1n) is 9.35. The number of hydrazone groups is 1. The summed E-state index contributed by atoms with van der Waals surface area (Å²) in [6.07, 6.45) is 2.96. The molecule has 0 spiro atoms. The number of halogens is 3. The van der Waals surface area contributed by atoms with Gasteiger partial charge in [-0.1, -0.05) is 12.1 Å². The van der Waals surface area contributed by atoms with Gasteiger partial charge in [0.05, 0.1) is 23.2 Å². The number of carboxylic acids is 1. The van der Waals surface area contributed by atoms with Gasteiger partial charge in [0.2, 0.25) is 0 Å². The van der Waals surface area contributed by atoms with Gasteiger partial charge in [-0.25, -0.2) is 22.6 Å². The molecule has 2 N–H and O–H groups in total. The molecular formula is C23H15F3N4O2. The summed E-state index contributed by atoms with van der Waals surface area (Å²) in [6.45, 7) is 0. The third-order valence-electron chi connectivity index (χ3n) is 4.58. The minimum atomic E-state index is -1.06. The van der Waals surface area contributed by atoms with E-state index in [0.29, 0.717) is 22.5 Å². The van der Waals surface area contributed by atoms with E-state index >= 15 is 0 Å². The predicted molar refractivity (Wildman–Crippen MR) is 113 cm³/mol. The molecule has 0 aliphatic carbocycles. The van der Waals surface area contributed by atoms with E-state index in [-0.39, 0.29) is 11.3 Å². The van der Waals surface area contributed by atoms with Crippen molar-refractivity contribution in [1.29, 1.82) is 0 Å². The van der Waals surface area contributed by atoms with Crippen molar-refractivity contribution in [2.24, 2.45) is 5.10 Å². The molecule has 4 rings (SSSR count). The van der Waals surface area contributed by atoms with E-state index in [1.54, 1.807) is 30.5 Å². The Morgan fingerprint density at radius 1 is 0.969 bits per heavy atom. The Kier molecular flexibility index (Phi) is 5.71. The smallest absolute Gasteiger partial charge is 0.335 e. The highest BCUT2D eigenvalue weighted by molar-refractivity contribution is 5.89. The summed E-state index contributed by atoms with van der Waals surface area (Å²) in [5.74, 6) is -3.57. The highest BCUT2D eigenvalue weighted by atomic mass is 19.2. The number of rotatable bonds is 6. The molecule has 0 saturated heterocycles. The van der Waals surface area contributed by atoms with Gasteiger partial charge >= 0.3 is 5.97 Å². The van der Waals surface area contributed by atoms with Gasteiger partial charge in [-0.3, -0.25) is 5.43 Å². The Bertz CT molecular complexity index is 1320. The van der Waals surface area contributed by atoms with Gasteiger partial charge in [-0.15, -0.1) is 0 Å². The summed E-state index contributed by atoms with van der Waals surface area (Å²) in [7, 11) is 0. The first kappa shape index (κ1) is 20.9. The summed E-state index contributed by atoms with van der Waals surface area (Å²) in [6, 6.07) is 15.3. The Morgan fingerprint density at radius 2 is 1.72 bits per heavy atom. The van der Waals surface area contributed by atoms with Crippen LogP contribution in [0.3, 0.4) is 0 Å². The van der Waals surface area contributed by atoms with E-state index in [0.717, 1.165) is 12.1 Å². The van der Waals surface area contributed by atoms with E-state index < -0.39 is 23.4 Å². The topological polar surface area (TPSA) is 79.5 Å². The number of carbonyl (C=O) groups is 1. The van der Waals surface area contributed by atoms with Gasteiger partial charge in [0.1, 0.15) is 11.5 Å². The Hall–Kier alpha value is -4.40. The van der Waals surface area contributed by atoms with Crippen LogP contribution in [0.5, 0.6) is 0 Å². The highest BCUT2D eigenvalue weighted by Crippen LogP contribution is 2.25. The molecule has 0 aliphatic rings. The third kappa shape index (κ3) is 4.36. The Balaban J connectivity index is 1.72. The molecule has 6 nitrogen and oxygen atoms in total. The number of aromatic carboxylic acids is 1. The average Bonchev–Trinajstić information content (AvgIpc) is 3.21. The summed E-state index contributed by atoms with van der Waals surface area (Å²) >= 11 is 0. The fourth-order valence-electron chi connectivity index (χ4n) is 2.96. The summed E-state index contributed by atoms with van der Waals surface area (Å²) in [4.78, 5) is 11.1. The van der Waals surface area contributed by atoms with E-state index in [9.17, 15) is 18.0 Å². The molecular weight excluding hydrogens is 421 g/mol. The van der Waals surface area contributed by atoms with Crippen LogP contribution < -0.4 is 5.43 Å². The monoisotopic (exact) mass is 436 g/mol. The van der Waals surface area contributed by atoms with E-state index in [4.69, 9.17) is 5.11 Å². The lowest BCUT2D eigenvalue weighted by Gasteiger charge is -2.02. The van der Waals surface area contributed by atoms with Crippen molar-refractivity contribution in [2.75, 3.05) is 5.43 Å². The van der Waals surface area contributed by atoms with Gasteiger partial charge in [-0.05, 0) is 54.6 Å². The van der Waals surface area contributed by atoms with Gasteiger partial charge < -0.3 is 5.11 Å². The average molecular weight is 436 g/mol. The molecule has 9 heteroatoms. The fourth-order valence-corrected chi connectivity index (χ4v) is 2.96. The second kappa shape index (κ2) is 8.76. The standard InChI is InChI=1S/C23H15F3N4O2/c24-18-10-7-15(11-20(18)26)22-16(12-27-28-21-4-2-1-3-19(21)25)13-30(29-22)17-8-5-14(6-9-17)23(31)32/h1-13,28H,(H,31,32)/b27-12+. The normalized spacial score (nSPS) is 11.1. The van der Waals surface area contributed by atoms with E-state index in [1.165, 1.54) is 41.2 Å². The molecule has 32 heavy (non-hydrogen) atoms. The number of carboxylic acid groups (broad SMARTS) is 1. The number of anilines is 1. The Labute approximate surface area is 180 Å². The van der Waals surface area contributed by atoms with Crippen LogP contribution in [-0.4, -0.2) is 27.1 Å². The zero-order valence-electron chi connectivity index (χ0n) is 16.3. The van der Waals surface area contributed by atoms with Crippen LogP contribution in [0.2, 0.25) is 0 Å².